The first-order chi connectivity index (χ1) is 9.59. The van der Waals surface area contributed by atoms with Crippen LogP contribution >= 0.6 is 0 Å². The number of benzene rings is 2. The molecule has 0 saturated carbocycles. The van der Waals surface area contributed by atoms with Crippen molar-refractivity contribution < 1.29 is 0 Å². The topological polar surface area (TPSA) is 12.0 Å². The molecule has 1 unspecified atom stereocenters. The molecule has 0 fully saturated rings. The molecule has 102 valence electrons. The minimum Gasteiger partial charge on any atom is -0.378 e. The molecule has 2 aromatic rings. The Balaban J connectivity index is 2.19. The van der Waals surface area contributed by atoms with Gasteiger partial charge in [0.05, 0.1) is 0 Å². The van der Waals surface area contributed by atoms with Crippen molar-refractivity contribution in [3.8, 4) is 0 Å². The highest BCUT2D eigenvalue weighted by atomic mass is 14.9. The van der Waals surface area contributed by atoms with Crippen molar-refractivity contribution in [1.82, 2.24) is 5.32 Å². The molecule has 2 rings (SSSR count). The first kappa shape index (κ1) is 14.1. The zero-order chi connectivity index (χ0) is 14.5. The van der Waals surface area contributed by atoms with Gasteiger partial charge >= 0.3 is 0 Å². The van der Waals surface area contributed by atoms with E-state index in [9.17, 15) is 0 Å². The monoisotopic (exact) mass is 263 g/mol. The van der Waals surface area contributed by atoms with Gasteiger partial charge in [0.15, 0.2) is 0 Å². The summed E-state index contributed by atoms with van der Waals surface area (Å²) in [6, 6.07) is 18.8. The van der Waals surface area contributed by atoms with Crippen LogP contribution in [0.4, 0.5) is 0 Å². The first-order valence-electron chi connectivity index (χ1n) is 6.85. The fourth-order valence-corrected chi connectivity index (χ4v) is 2.28. The Hall–Kier alpha value is -2.28. The second kappa shape index (κ2) is 6.25. The summed E-state index contributed by atoms with van der Waals surface area (Å²) in [5.74, 6) is 0. The van der Waals surface area contributed by atoms with Crippen molar-refractivity contribution in [2.24, 2.45) is 0 Å². The molecular formula is C19H21N. The average Bonchev–Trinajstić information content (AvgIpc) is 2.48. The summed E-state index contributed by atoms with van der Waals surface area (Å²) in [4.78, 5) is 0. The van der Waals surface area contributed by atoms with E-state index in [2.05, 4.69) is 61.8 Å². The Morgan fingerprint density at radius 2 is 1.45 bits per heavy atom. The van der Waals surface area contributed by atoms with Crippen molar-refractivity contribution in [3.05, 3.63) is 84.4 Å². The van der Waals surface area contributed by atoms with E-state index in [0.717, 1.165) is 22.4 Å². The average molecular weight is 263 g/mol. The quantitative estimate of drug-likeness (QED) is 0.796. The van der Waals surface area contributed by atoms with Crippen LogP contribution in [0.15, 0.2) is 67.8 Å². The van der Waals surface area contributed by atoms with Gasteiger partial charge in [-0.15, -0.1) is 0 Å². The van der Waals surface area contributed by atoms with Crippen LogP contribution in [-0.4, -0.2) is 0 Å². The van der Waals surface area contributed by atoms with Gasteiger partial charge < -0.3 is 5.32 Å². The zero-order valence-corrected chi connectivity index (χ0v) is 12.2. The Kier molecular flexibility index (Phi) is 4.41. The molecule has 0 aromatic heterocycles. The van der Waals surface area contributed by atoms with Crippen molar-refractivity contribution in [2.45, 2.75) is 19.9 Å². The standard InChI is InChI=1S/C19H21N/c1-14(2)18-12-8-9-13-19(18)16(4)20-15(3)17-10-6-5-7-11-17/h5-13,15,20H,1,4H2,2-3H3. The third kappa shape index (κ3) is 3.18. The Labute approximate surface area is 121 Å². The van der Waals surface area contributed by atoms with E-state index in [4.69, 9.17) is 0 Å². The minimum absolute atomic E-state index is 0.224. The molecule has 1 nitrogen and oxygen atoms in total. The van der Waals surface area contributed by atoms with E-state index < -0.39 is 0 Å². The molecule has 1 heteroatoms. The molecule has 0 aliphatic heterocycles. The summed E-state index contributed by atoms with van der Waals surface area (Å²) in [7, 11) is 0. The molecule has 0 aliphatic rings. The van der Waals surface area contributed by atoms with Crippen LogP contribution < -0.4 is 5.32 Å². The normalized spacial score (nSPS) is 11.7. The van der Waals surface area contributed by atoms with Gasteiger partial charge in [-0.25, -0.2) is 0 Å². The second-order valence-electron chi connectivity index (χ2n) is 5.08. The third-order valence-corrected chi connectivity index (χ3v) is 3.40. The van der Waals surface area contributed by atoms with E-state index in [1.54, 1.807) is 0 Å². The lowest BCUT2D eigenvalue weighted by Crippen LogP contribution is -2.17. The van der Waals surface area contributed by atoms with Gasteiger partial charge in [-0.3, -0.25) is 0 Å². The Morgan fingerprint density at radius 1 is 0.900 bits per heavy atom. The zero-order valence-electron chi connectivity index (χ0n) is 12.2. The van der Waals surface area contributed by atoms with Crippen LogP contribution in [0.25, 0.3) is 11.3 Å². The maximum Gasteiger partial charge on any atom is 0.0485 e. The summed E-state index contributed by atoms with van der Waals surface area (Å²) in [5.41, 5.74) is 5.49. The van der Waals surface area contributed by atoms with E-state index in [-0.39, 0.29) is 6.04 Å². The molecule has 1 N–H and O–H groups in total. The Morgan fingerprint density at radius 3 is 2.05 bits per heavy atom. The third-order valence-electron chi connectivity index (χ3n) is 3.40. The lowest BCUT2D eigenvalue weighted by atomic mass is 9.99. The molecule has 0 radical (unpaired) electrons. The van der Waals surface area contributed by atoms with Crippen LogP contribution in [-0.2, 0) is 0 Å². The summed E-state index contributed by atoms with van der Waals surface area (Å²) in [6.45, 7) is 12.4. The van der Waals surface area contributed by atoms with E-state index >= 15 is 0 Å². The van der Waals surface area contributed by atoms with Gasteiger partial charge in [0.25, 0.3) is 0 Å². The van der Waals surface area contributed by atoms with Gasteiger partial charge in [0.2, 0.25) is 0 Å². The molecule has 1 atom stereocenters. The smallest absolute Gasteiger partial charge is 0.0485 e. The highest BCUT2D eigenvalue weighted by molar-refractivity contribution is 5.76. The van der Waals surface area contributed by atoms with Gasteiger partial charge in [-0.2, -0.15) is 0 Å². The summed E-state index contributed by atoms with van der Waals surface area (Å²) in [6.07, 6.45) is 0. The number of hydrogen-bond donors (Lipinski definition) is 1. The van der Waals surface area contributed by atoms with Crippen molar-refractivity contribution in [3.63, 3.8) is 0 Å². The molecule has 0 aliphatic carbocycles. The van der Waals surface area contributed by atoms with E-state index in [1.807, 2.05) is 25.1 Å². The van der Waals surface area contributed by atoms with Gasteiger partial charge in [-0.05, 0) is 25.0 Å². The number of rotatable bonds is 5. The molecule has 0 amide bonds. The fraction of sp³-hybridized carbons (Fsp3) is 0.158. The number of allylic oxidation sites excluding steroid dienone is 1. The molecule has 0 bridgehead atoms. The van der Waals surface area contributed by atoms with Crippen LogP contribution in [0.2, 0.25) is 0 Å². The summed E-state index contributed by atoms with van der Waals surface area (Å²) < 4.78 is 0. The number of nitrogens with one attached hydrogen (secondary N) is 1. The highest BCUT2D eigenvalue weighted by Gasteiger charge is 2.09. The van der Waals surface area contributed by atoms with Crippen LogP contribution in [0.5, 0.6) is 0 Å². The van der Waals surface area contributed by atoms with Crippen LogP contribution in [0, 0.1) is 0 Å². The summed E-state index contributed by atoms with van der Waals surface area (Å²) in [5, 5.41) is 3.47. The van der Waals surface area contributed by atoms with Crippen LogP contribution in [0.3, 0.4) is 0 Å². The van der Waals surface area contributed by atoms with Gasteiger partial charge in [0, 0.05) is 17.3 Å². The SMILES string of the molecule is C=C(C)c1ccccc1C(=C)NC(C)c1ccccc1. The predicted molar refractivity (Wildman–Crippen MR) is 88.2 cm³/mol. The first-order valence-corrected chi connectivity index (χ1v) is 6.85. The van der Waals surface area contributed by atoms with E-state index in [1.165, 1.54) is 5.56 Å². The lowest BCUT2D eigenvalue weighted by molar-refractivity contribution is 0.702. The largest absolute Gasteiger partial charge is 0.378 e. The molecule has 0 spiro atoms. The summed E-state index contributed by atoms with van der Waals surface area (Å²) >= 11 is 0. The van der Waals surface area contributed by atoms with Crippen molar-refractivity contribution >= 4 is 11.3 Å². The molecule has 0 heterocycles. The number of hydrogen-bond acceptors (Lipinski definition) is 1. The minimum atomic E-state index is 0.224. The predicted octanol–water partition coefficient (Wildman–Crippen LogP) is 5.04. The van der Waals surface area contributed by atoms with E-state index in [0.29, 0.717) is 0 Å². The lowest BCUT2D eigenvalue weighted by Gasteiger charge is -2.19. The van der Waals surface area contributed by atoms with Gasteiger partial charge in [-0.1, -0.05) is 73.3 Å². The Bertz CT molecular complexity index is 611. The molecular weight excluding hydrogens is 242 g/mol. The highest BCUT2D eigenvalue weighted by Crippen LogP contribution is 2.24. The molecule has 0 saturated heterocycles. The van der Waals surface area contributed by atoms with Gasteiger partial charge in [0.1, 0.15) is 0 Å². The van der Waals surface area contributed by atoms with Crippen molar-refractivity contribution in [2.75, 3.05) is 0 Å². The molecule has 2 aromatic carbocycles. The maximum atomic E-state index is 4.18. The van der Waals surface area contributed by atoms with Crippen molar-refractivity contribution in [1.29, 1.82) is 0 Å². The maximum absolute atomic E-state index is 4.18. The second-order valence-corrected chi connectivity index (χ2v) is 5.08. The van der Waals surface area contributed by atoms with Crippen LogP contribution in [0.1, 0.15) is 36.6 Å². The molecule has 20 heavy (non-hydrogen) atoms. The fourth-order valence-electron chi connectivity index (χ4n) is 2.28.